The van der Waals surface area contributed by atoms with Gasteiger partial charge in [-0.05, 0) is 18.2 Å². The number of sulfonamides is 1. The zero-order valence-corrected chi connectivity index (χ0v) is 13.4. The predicted octanol–water partition coefficient (Wildman–Crippen LogP) is 1.06. The molecule has 0 N–H and O–H groups in total. The van der Waals surface area contributed by atoms with Crippen molar-refractivity contribution < 1.29 is 17.9 Å². The molecule has 6 nitrogen and oxygen atoms in total. The van der Waals surface area contributed by atoms with Gasteiger partial charge in [0.25, 0.3) is 5.91 Å². The Bertz CT molecular complexity index is 640. The van der Waals surface area contributed by atoms with E-state index in [1.807, 2.05) is 0 Å². The van der Waals surface area contributed by atoms with Crippen LogP contribution in [0.25, 0.3) is 0 Å². The molecule has 1 heterocycles. The average Bonchev–Trinajstić information content (AvgIpc) is 2.47. The zero-order chi connectivity index (χ0) is 15.6. The van der Waals surface area contributed by atoms with Crippen LogP contribution in [0.5, 0.6) is 0 Å². The molecule has 0 radical (unpaired) electrons. The Morgan fingerprint density at radius 3 is 2.48 bits per heavy atom. The standard InChI is InChI=1S/C13H17ClN2O4S/c1-15(2)21(18,19)12-9-10(3-4-11(12)14)13(17)16-5-7-20-8-6-16/h3-4,9H,5-8H2,1-2H3. The van der Waals surface area contributed by atoms with E-state index in [9.17, 15) is 13.2 Å². The number of nitrogens with zero attached hydrogens (tertiary/aromatic N) is 2. The largest absolute Gasteiger partial charge is 0.378 e. The second kappa shape index (κ2) is 6.31. The molecule has 0 aliphatic carbocycles. The summed E-state index contributed by atoms with van der Waals surface area (Å²) in [6.07, 6.45) is 0. The Balaban J connectivity index is 2.37. The highest BCUT2D eigenvalue weighted by Gasteiger charge is 2.24. The number of morpholine rings is 1. The van der Waals surface area contributed by atoms with E-state index < -0.39 is 10.0 Å². The van der Waals surface area contributed by atoms with Crippen molar-refractivity contribution in [3.05, 3.63) is 28.8 Å². The van der Waals surface area contributed by atoms with Crippen molar-refractivity contribution in [2.24, 2.45) is 0 Å². The normalized spacial score (nSPS) is 16.3. The van der Waals surface area contributed by atoms with Gasteiger partial charge in [0, 0.05) is 32.7 Å². The van der Waals surface area contributed by atoms with E-state index in [0.29, 0.717) is 31.9 Å². The van der Waals surface area contributed by atoms with Gasteiger partial charge in [-0.1, -0.05) is 11.6 Å². The molecule has 1 amide bonds. The van der Waals surface area contributed by atoms with Crippen LogP contribution in [0.1, 0.15) is 10.4 Å². The Hall–Kier alpha value is -1.15. The summed E-state index contributed by atoms with van der Waals surface area (Å²) >= 11 is 5.96. The van der Waals surface area contributed by atoms with Crippen LogP contribution in [0.15, 0.2) is 23.1 Å². The molecule has 21 heavy (non-hydrogen) atoms. The van der Waals surface area contributed by atoms with E-state index >= 15 is 0 Å². The van der Waals surface area contributed by atoms with Crippen LogP contribution in [-0.4, -0.2) is 63.9 Å². The number of amides is 1. The number of benzene rings is 1. The topological polar surface area (TPSA) is 66.9 Å². The van der Waals surface area contributed by atoms with Crippen molar-refractivity contribution in [2.75, 3.05) is 40.4 Å². The summed E-state index contributed by atoms with van der Waals surface area (Å²) in [5.74, 6) is -0.217. The lowest BCUT2D eigenvalue weighted by Crippen LogP contribution is -2.40. The van der Waals surface area contributed by atoms with Gasteiger partial charge >= 0.3 is 0 Å². The summed E-state index contributed by atoms with van der Waals surface area (Å²) in [7, 11) is -0.851. The number of carbonyl (C=O) groups is 1. The molecule has 1 saturated heterocycles. The zero-order valence-electron chi connectivity index (χ0n) is 11.9. The minimum Gasteiger partial charge on any atom is -0.378 e. The molecule has 0 bridgehead atoms. The highest BCUT2D eigenvalue weighted by Crippen LogP contribution is 2.25. The van der Waals surface area contributed by atoms with Gasteiger partial charge in [0.2, 0.25) is 10.0 Å². The summed E-state index contributed by atoms with van der Waals surface area (Å²) in [6.45, 7) is 1.97. The first-order chi connectivity index (χ1) is 9.84. The summed E-state index contributed by atoms with van der Waals surface area (Å²) < 4.78 is 30.7. The van der Waals surface area contributed by atoms with E-state index in [1.54, 1.807) is 4.90 Å². The van der Waals surface area contributed by atoms with Gasteiger partial charge in [-0.15, -0.1) is 0 Å². The number of hydrogen-bond donors (Lipinski definition) is 0. The summed E-state index contributed by atoms with van der Waals surface area (Å²) in [5, 5.41) is 0.0993. The molecule has 1 fully saturated rings. The third-order valence-corrected chi connectivity index (χ3v) is 5.53. The molecule has 0 unspecified atom stereocenters. The van der Waals surface area contributed by atoms with Crippen LogP contribution >= 0.6 is 11.6 Å². The lowest BCUT2D eigenvalue weighted by molar-refractivity contribution is 0.0302. The van der Waals surface area contributed by atoms with Crippen molar-refractivity contribution in [1.82, 2.24) is 9.21 Å². The SMILES string of the molecule is CN(C)S(=O)(=O)c1cc(C(=O)N2CCOCC2)ccc1Cl. The first kappa shape index (κ1) is 16.2. The molecular weight excluding hydrogens is 316 g/mol. The number of hydrogen-bond acceptors (Lipinski definition) is 4. The Kier molecular flexibility index (Phi) is 4.88. The van der Waals surface area contributed by atoms with Gasteiger partial charge in [-0.3, -0.25) is 4.79 Å². The highest BCUT2D eigenvalue weighted by molar-refractivity contribution is 7.89. The van der Waals surface area contributed by atoms with E-state index in [4.69, 9.17) is 16.3 Å². The van der Waals surface area contributed by atoms with E-state index in [2.05, 4.69) is 0 Å². The van der Waals surface area contributed by atoms with Crippen molar-refractivity contribution >= 4 is 27.5 Å². The molecule has 2 rings (SSSR count). The molecule has 0 saturated carbocycles. The fraction of sp³-hybridized carbons (Fsp3) is 0.462. The first-order valence-corrected chi connectivity index (χ1v) is 8.25. The maximum absolute atomic E-state index is 12.4. The Morgan fingerprint density at radius 1 is 1.29 bits per heavy atom. The number of rotatable bonds is 3. The van der Waals surface area contributed by atoms with E-state index in [-0.39, 0.29) is 15.8 Å². The molecule has 0 spiro atoms. The smallest absolute Gasteiger partial charge is 0.254 e. The number of carbonyl (C=O) groups excluding carboxylic acids is 1. The van der Waals surface area contributed by atoms with Crippen molar-refractivity contribution in [2.45, 2.75) is 4.90 Å². The van der Waals surface area contributed by atoms with Crippen LogP contribution in [-0.2, 0) is 14.8 Å². The molecular formula is C13H17ClN2O4S. The molecule has 1 aromatic carbocycles. The lowest BCUT2D eigenvalue weighted by Gasteiger charge is -2.27. The van der Waals surface area contributed by atoms with E-state index in [1.165, 1.54) is 32.3 Å². The minimum atomic E-state index is -3.69. The van der Waals surface area contributed by atoms with Gasteiger partial charge in [-0.25, -0.2) is 12.7 Å². The molecule has 116 valence electrons. The summed E-state index contributed by atoms with van der Waals surface area (Å²) in [6, 6.07) is 4.30. The molecule has 0 aromatic heterocycles. The summed E-state index contributed by atoms with van der Waals surface area (Å²) in [5.41, 5.74) is 0.307. The highest BCUT2D eigenvalue weighted by atomic mass is 35.5. The molecule has 1 aliphatic rings. The molecule has 1 aromatic rings. The lowest BCUT2D eigenvalue weighted by atomic mass is 10.2. The fourth-order valence-corrected chi connectivity index (χ4v) is 3.37. The van der Waals surface area contributed by atoms with Gasteiger partial charge in [0.1, 0.15) is 4.90 Å². The van der Waals surface area contributed by atoms with Crippen molar-refractivity contribution in [1.29, 1.82) is 0 Å². The summed E-state index contributed by atoms with van der Waals surface area (Å²) in [4.78, 5) is 14.0. The second-order valence-electron chi connectivity index (χ2n) is 4.84. The van der Waals surface area contributed by atoms with Gasteiger partial charge in [0.15, 0.2) is 0 Å². The number of halogens is 1. The molecule has 0 atom stereocenters. The average molecular weight is 333 g/mol. The van der Waals surface area contributed by atoms with Crippen LogP contribution in [0.2, 0.25) is 5.02 Å². The third-order valence-electron chi connectivity index (χ3n) is 3.24. The molecule has 1 aliphatic heterocycles. The third kappa shape index (κ3) is 3.37. The van der Waals surface area contributed by atoms with Crippen LogP contribution in [0, 0.1) is 0 Å². The maximum atomic E-state index is 12.4. The maximum Gasteiger partial charge on any atom is 0.254 e. The minimum absolute atomic E-state index is 0.0618. The van der Waals surface area contributed by atoms with Gasteiger partial charge < -0.3 is 9.64 Å². The Morgan fingerprint density at radius 2 is 1.90 bits per heavy atom. The van der Waals surface area contributed by atoms with Crippen LogP contribution in [0.4, 0.5) is 0 Å². The van der Waals surface area contributed by atoms with Crippen LogP contribution < -0.4 is 0 Å². The van der Waals surface area contributed by atoms with Crippen molar-refractivity contribution in [3.8, 4) is 0 Å². The van der Waals surface area contributed by atoms with Crippen molar-refractivity contribution in [3.63, 3.8) is 0 Å². The second-order valence-corrected chi connectivity index (χ2v) is 7.36. The first-order valence-electron chi connectivity index (χ1n) is 6.43. The van der Waals surface area contributed by atoms with Crippen LogP contribution in [0.3, 0.4) is 0 Å². The van der Waals surface area contributed by atoms with Gasteiger partial charge in [-0.2, -0.15) is 0 Å². The monoisotopic (exact) mass is 332 g/mol. The number of ether oxygens (including phenoxy) is 1. The molecule has 8 heteroatoms. The van der Waals surface area contributed by atoms with E-state index in [0.717, 1.165) is 4.31 Å². The fourth-order valence-electron chi connectivity index (χ4n) is 1.98. The predicted molar refractivity (Wildman–Crippen MR) is 79.0 cm³/mol. The van der Waals surface area contributed by atoms with Gasteiger partial charge in [0.05, 0.1) is 18.2 Å². The Labute approximate surface area is 129 Å². The quantitative estimate of drug-likeness (QED) is 0.830.